The van der Waals surface area contributed by atoms with Crippen LogP contribution in [0, 0.1) is 24.2 Å². The Morgan fingerprint density at radius 1 is 1.33 bits per heavy atom. The Balaban J connectivity index is 2.38. The van der Waals surface area contributed by atoms with Crippen molar-refractivity contribution in [3.05, 3.63) is 54.4 Å². The predicted molar refractivity (Wildman–Crippen MR) is 103 cm³/mol. The van der Waals surface area contributed by atoms with Crippen molar-refractivity contribution >= 4 is 17.0 Å². The predicted octanol–water partition coefficient (Wildman–Crippen LogP) is 5.00. The average molecular weight is 321 g/mol. The van der Waals surface area contributed by atoms with Crippen LogP contribution in [0.1, 0.15) is 43.0 Å². The number of benzene rings is 1. The molecule has 24 heavy (non-hydrogen) atoms. The number of nitriles is 1. The van der Waals surface area contributed by atoms with E-state index >= 15 is 0 Å². The van der Waals surface area contributed by atoms with Crippen molar-refractivity contribution in [3.8, 4) is 6.07 Å². The summed E-state index contributed by atoms with van der Waals surface area (Å²) in [5.74, 6) is 0.546. The summed E-state index contributed by atoms with van der Waals surface area (Å²) < 4.78 is 2.18. The largest absolute Gasteiger partial charge is 0.391 e. The molecule has 3 nitrogen and oxygen atoms in total. The third-order valence-corrected chi connectivity index (χ3v) is 4.71. The van der Waals surface area contributed by atoms with E-state index in [-0.39, 0.29) is 0 Å². The van der Waals surface area contributed by atoms with Gasteiger partial charge in [-0.3, -0.25) is 0 Å². The lowest BCUT2D eigenvalue weighted by molar-refractivity contribution is 0.387. The standard InChI is InChI=1S/C21H27N3/c1-5-8-17(11-12-23-7-3)15-24-19(14-22)13-20-16(4)18(6-2)9-10-21(20)24/h6-7,9-10,13,17,23H,2-3,5,8,11-12,15H2,1,4H3. The summed E-state index contributed by atoms with van der Waals surface area (Å²) in [5.41, 5.74) is 4.21. The molecule has 0 saturated carbocycles. The summed E-state index contributed by atoms with van der Waals surface area (Å²) in [5, 5.41) is 13.9. The van der Waals surface area contributed by atoms with Gasteiger partial charge in [-0.05, 0) is 55.1 Å². The van der Waals surface area contributed by atoms with E-state index in [1.165, 1.54) is 5.56 Å². The van der Waals surface area contributed by atoms with Gasteiger partial charge >= 0.3 is 0 Å². The third kappa shape index (κ3) is 3.71. The number of hydrogen-bond donors (Lipinski definition) is 1. The van der Waals surface area contributed by atoms with Gasteiger partial charge in [0.1, 0.15) is 11.8 Å². The van der Waals surface area contributed by atoms with Gasteiger partial charge in [0.25, 0.3) is 0 Å². The second-order valence-corrected chi connectivity index (χ2v) is 6.27. The van der Waals surface area contributed by atoms with Crippen LogP contribution in [-0.4, -0.2) is 11.1 Å². The molecular formula is C21H27N3. The Labute approximate surface area is 145 Å². The molecule has 0 fully saturated rings. The quantitative estimate of drug-likeness (QED) is 0.660. The van der Waals surface area contributed by atoms with Crippen molar-refractivity contribution < 1.29 is 0 Å². The SMILES string of the molecule is C=CNCCC(CCC)Cn1c(C#N)cc2c(C)c(C=C)ccc21. The van der Waals surface area contributed by atoms with Crippen LogP contribution >= 0.6 is 0 Å². The third-order valence-electron chi connectivity index (χ3n) is 4.71. The highest BCUT2D eigenvalue weighted by atomic mass is 15.0. The normalized spacial score (nSPS) is 11.9. The topological polar surface area (TPSA) is 40.8 Å². The number of aryl methyl sites for hydroxylation is 1. The van der Waals surface area contributed by atoms with E-state index in [0.29, 0.717) is 5.92 Å². The molecule has 1 aromatic heterocycles. The summed E-state index contributed by atoms with van der Waals surface area (Å²) >= 11 is 0. The molecule has 1 aromatic carbocycles. The van der Waals surface area contributed by atoms with Gasteiger partial charge in [-0.25, -0.2) is 0 Å². The molecule has 2 rings (SSSR count). The maximum absolute atomic E-state index is 9.58. The zero-order chi connectivity index (χ0) is 17.5. The molecule has 0 radical (unpaired) electrons. The van der Waals surface area contributed by atoms with Crippen LogP contribution in [0.4, 0.5) is 0 Å². The van der Waals surface area contributed by atoms with Crippen LogP contribution in [0.2, 0.25) is 0 Å². The fraction of sp³-hybridized carbons (Fsp3) is 0.381. The van der Waals surface area contributed by atoms with Crippen molar-refractivity contribution in [2.45, 2.75) is 39.7 Å². The zero-order valence-corrected chi connectivity index (χ0v) is 14.8. The van der Waals surface area contributed by atoms with E-state index in [1.807, 2.05) is 12.1 Å². The fourth-order valence-electron chi connectivity index (χ4n) is 3.39. The number of rotatable bonds is 9. The van der Waals surface area contributed by atoms with Gasteiger partial charge in [0, 0.05) is 24.0 Å². The first-order chi connectivity index (χ1) is 11.7. The maximum Gasteiger partial charge on any atom is 0.121 e. The smallest absolute Gasteiger partial charge is 0.121 e. The molecule has 0 saturated heterocycles. The minimum atomic E-state index is 0.546. The Hall–Kier alpha value is -2.47. The summed E-state index contributed by atoms with van der Waals surface area (Å²) in [6.07, 6.45) is 7.01. The molecule has 0 aliphatic rings. The van der Waals surface area contributed by atoms with Crippen molar-refractivity contribution in [3.63, 3.8) is 0 Å². The number of hydrogen-bond acceptors (Lipinski definition) is 2. The van der Waals surface area contributed by atoms with Crippen LogP contribution in [0.15, 0.2) is 37.6 Å². The summed E-state index contributed by atoms with van der Waals surface area (Å²) in [4.78, 5) is 0. The Morgan fingerprint density at radius 2 is 2.12 bits per heavy atom. The van der Waals surface area contributed by atoms with E-state index in [0.717, 1.165) is 54.5 Å². The number of nitrogens with zero attached hydrogens (tertiary/aromatic N) is 2. The van der Waals surface area contributed by atoms with E-state index in [2.05, 4.69) is 55.1 Å². The second kappa shape index (κ2) is 8.40. The highest BCUT2D eigenvalue weighted by molar-refractivity contribution is 5.88. The first-order valence-corrected chi connectivity index (χ1v) is 8.65. The summed E-state index contributed by atoms with van der Waals surface area (Å²) in [6, 6.07) is 8.60. The van der Waals surface area contributed by atoms with Crippen molar-refractivity contribution in [2.24, 2.45) is 5.92 Å². The van der Waals surface area contributed by atoms with Crippen molar-refractivity contribution in [1.82, 2.24) is 9.88 Å². The summed E-state index contributed by atoms with van der Waals surface area (Å²) in [7, 11) is 0. The van der Waals surface area contributed by atoms with Gasteiger partial charge in [-0.15, -0.1) is 0 Å². The monoisotopic (exact) mass is 321 g/mol. The van der Waals surface area contributed by atoms with Crippen molar-refractivity contribution in [2.75, 3.05) is 6.54 Å². The van der Waals surface area contributed by atoms with Crippen LogP contribution in [0.3, 0.4) is 0 Å². The molecule has 1 unspecified atom stereocenters. The van der Waals surface area contributed by atoms with Crippen LogP contribution < -0.4 is 5.32 Å². The van der Waals surface area contributed by atoms with E-state index in [4.69, 9.17) is 0 Å². The molecule has 0 amide bonds. The molecule has 1 heterocycles. The molecule has 0 bridgehead atoms. The Kier molecular flexibility index (Phi) is 6.26. The molecule has 1 atom stereocenters. The first-order valence-electron chi connectivity index (χ1n) is 8.65. The van der Waals surface area contributed by atoms with Gasteiger partial charge in [-0.2, -0.15) is 5.26 Å². The lowest BCUT2D eigenvalue weighted by atomic mass is 9.99. The molecule has 2 aromatic rings. The first kappa shape index (κ1) is 17.9. The maximum atomic E-state index is 9.58. The van der Waals surface area contributed by atoms with Crippen molar-refractivity contribution in [1.29, 1.82) is 5.26 Å². The second-order valence-electron chi connectivity index (χ2n) is 6.27. The Bertz CT molecular complexity index is 761. The van der Waals surface area contributed by atoms with E-state index in [9.17, 15) is 5.26 Å². The van der Waals surface area contributed by atoms with Gasteiger partial charge < -0.3 is 9.88 Å². The Morgan fingerprint density at radius 3 is 2.75 bits per heavy atom. The molecule has 0 aliphatic heterocycles. The van der Waals surface area contributed by atoms with Crippen LogP contribution in [0.25, 0.3) is 17.0 Å². The molecular weight excluding hydrogens is 294 g/mol. The lowest BCUT2D eigenvalue weighted by Gasteiger charge is -2.19. The lowest BCUT2D eigenvalue weighted by Crippen LogP contribution is -2.17. The van der Waals surface area contributed by atoms with Crippen LogP contribution in [-0.2, 0) is 6.54 Å². The molecule has 3 heteroatoms. The van der Waals surface area contributed by atoms with Crippen LogP contribution in [0.5, 0.6) is 0 Å². The molecule has 0 aliphatic carbocycles. The molecule has 1 N–H and O–H groups in total. The van der Waals surface area contributed by atoms with Gasteiger partial charge in [0.2, 0.25) is 0 Å². The highest BCUT2D eigenvalue weighted by Gasteiger charge is 2.16. The van der Waals surface area contributed by atoms with E-state index < -0.39 is 0 Å². The zero-order valence-electron chi connectivity index (χ0n) is 14.8. The summed E-state index contributed by atoms with van der Waals surface area (Å²) in [6.45, 7) is 13.7. The average Bonchev–Trinajstić information content (AvgIpc) is 2.94. The minimum absolute atomic E-state index is 0.546. The molecule has 0 spiro atoms. The van der Waals surface area contributed by atoms with Gasteiger partial charge in [0.05, 0.1) is 0 Å². The van der Waals surface area contributed by atoms with E-state index in [1.54, 1.807) is 6.20 Å². The highest BCUT2D eigenvalue weighted by Crippen LogP contribution is 2.28. The van der Waals surface area contributed by atoms with Gasteiger partial charge in [0.15, 0.2) is 0 Å². The number of fused-ring (bicyclic) bond motifs is 1. The minimum Gasteiger partial charge on any atom is -0.391 e. The fourth-order valence-corrected chi connectivity index (χ4v) is 3.39. The molecule has 126 valence electrons. The van der Waals surface area contributed by atoms with Gasteiger partial charge in [-0.1, -0.05) is 38.6 Å². The number of nitrogens with one attached hydrogen (secondary N) is 1. The number of aromatic nitrogens is 1.